The van der Waals surface area contributed by atoms with E-state index in [-0.39, 0.29) is 0 Å². The van der Waals surface area contributed by atoms with Crippen LogP contribution in [0.15, 0.2) is 54.6 Å². The molecule has 0 radical (unpaired) electrons. The Labute approximate surface area is 121 Å². The number of rotatable bonds is 4. The third-order valence-corrected chi connectivity index (χ3v) is 3.08. The molecule has 2 N–H and O–H groups in total. The molecule has 0 spiro atoms. The van der Waals surface area contributed by atoms with Crippen molar-refractivity contribution in [3.63, 3.8) is 0 Å². The van der Waals surface area contributed by atoms with Crippen molar-refractivity contribution in [1.29, 1.82) is 0 Å². The van der Waals surface area contributed by atoms with Crippen LogP contribution in [0.2, 0.25) is 0 Å². The third-order valence-electron chi connectivity index (χ3n) is 3.08. The molecule has 2 aromatic rings. The predicted molar refractivity (Wildman–Crippen MR) is 84.0 cm³/mol. The summed E-state index contributed by atoms with van der Waals surface area (Å²) in [6.07, 6.45) is 0. The molecule has 0 atom stereocenters. The van der Waals surface area contributed by atoms with E-state index in [0.29, 0.717) is 6.54 Å². The van der Waals surface area contributed by atoms with Gasteiger partial charge in [0.15, 0.2) is 0 Å². The highest BCUT2D eigenvalue weighted by molar-refractivity contribution is 5.41. The van der Waals surface area contributed by atoms with Crippen LogP contribution in [0.4, 0.5) is 0 Å². The quantitative estimate of drug-likeness (QED) is 0.860. The van der Waals surface area contributed by atoms with E-state index in [2.05, 4.69) is 60.2 Å². The van der Waals surface area contributed by atoms with Crippen LogP contribution in [0.1, 0.15) is 16.7 Å². The molecule has 0 aliphatic carbocycles. The van der Waals surface area contributed by atoms with Gasteiger partial charge in [0.25, 0.3) is 0 Å². The Morgan fingerprint density at radius 2 is 1.65 bits per heavy atom. The molecule has 0 bridgehead atoms. The molecule has 0 amide bonds. The first-order chi connectivity index (χ1) is 9.79. The van der Waals surface area contributed by atoms with Crippen LogP contribution >= 0.6 is 0 Å². The fraction of sp³-hybridized carbons (Fsp3) is 0.222. The van der Waals surface area contributed by atoms with Gasteiger partial charge < -0.3 is 5.73 Å². The van der Waals surface area contributed by atoms with Gasteiger partial charge in [0.1, 0.15) is 0 Å². The molecule has 0 unspecified atom stereocenters. The second-order valence-corrected chi connectivity index (χ2v) is 4.82. The van der Waals surface area contributed by atoms with E-state index in [0.717, 1.165) is 18.7 Å². The van der Waals surface area contributed by atoms with Crippen molar-refractivity contribution in [2.45, 2.75) is 13.1 Å². The average Bonchev–Trinajstić information content (AvgIpc) is 2.47. The highest BCUT2D eigenvalue weighted by Crippen LogP contribution is 2.12. The zero-order valence-electron chi connectivity index (χ0n) is 11.8. The lowest BCUT2D eigenvalue weighted by atomic mass is 10.1. The van der Waals surface area contributed by atoms with Gasteiger partial charge in [-0.3, -0.25) is 4.90 Å². The Bertz CT molecular complexity index is 594. The second kappa shape index (κ2) is 7.49. The number of hydrogen-bond donors (Lipinski definition) is 1. The van der Waals surface area contributed by atoms with Gasteiger partial charge in [0, 0.05) is 18.7 Å². The molecule has 2 rings (SSSR count). The molecule has 2 heteroatoms. The Hall–Kier alpha value is -2.08. The zero-order chi connectivity index (χ0) is 14.2. The van der Waals surface area contributed by atoms with Crippen molar-refractivity contribution in [2.75, 3.05) is 13.6 Å². The summed E-state index contributed by atoms with van der Waals surface area (Å²) in [6.45, 7) is 2.21. The Balaban J connectivity index is 2.06. The van der Waals surface area contributed by atoms with Gasteiger partial charge in [0.05, 0.1) is 6.54 Å². The third kappa shape index (κ3) is 4.24. The van der Waals surface area contributed by atoms with Crippen LogP contribution in [0.3, 0.4) is 0 Å². The maximum atomic E-state index is 5.45. The van der Waals surface area contributed by atoms with Crippen LogP contribution < -0.4 is 5.73 Å². The van der Waals surface area contributed by atoms with E-state index in [1.54, 1.807) is 0 Å². The minimum Gasteiger partial charge on any atom is -0.320 e. The maximum Gasteiger partial charge on any atom is 0.0555 e. The van der Waals surface area contributed by atoms with Gasteiger partial charge in [0.2, 0.25) is 0 Å². The Kier molecular flexibility index (Phi) is 5.37. The molecule has 0 saturated carbocycles. The van der Waals surface area contributed by atoms with E-state index in [1.165, 1.54) is 11.1 Å². The van der Waals surface area contributed by atoms with Crippen molar-refractivity contribution in [2.24, 2.45) is 5.73 Å². The van der Waals surface area contributed by atoms with Crippen LogP contribution in [0.25, 0.3) is 0 Å². The number of benzene rings is 2. The van der Waals surface area contributed by atoms with Crippen molar-refractivity contribution in [3.05, 3.63) is 71.3 Å². The van der Waals surface area contributed by atoms with Crippen molar-refractivity contribution < 1.29 is 0 Å². The summed E-state index contributed by atoms with van der Waals surface area (Å²) < 4.78 is 0. The zero-order valence-corrected chi connectivity index (χ0v) is 11.8. The lowest BCUT2D eigenvalue weighted by Crippen LogP contribution is -2.17. The largest absolute Gasteiger partial charge is 0.320 e. The summed E-state index contributed by atoms with van der Waals surface area (Å²) in [4.78, 5) is 2.29. The summed E-state index contributed by atoms with van der Waals surface area (Å²) in [5.41, 5.74) is 9.08. The van der Waals surface area contributed by atoms with Gasteiger partial charge in [-0.2, -0.15) is 0 Å². The molecular formula is C18H20N2. The molecule has 0 aliphatic heterocycles. The smallest absolute Gasteiger partial charge is 0.0555 e. The minimum absolute atomic E-state index is 0.397. The summed E-state index contributed by atoms with van der Waals surface area (Å²) in [5.74, 6) is 6.07. The first-order valence-corrected chi connectivity index (χ1v) is 6.79. The van der Waals surface area contributed by atoms with Gasteiger partial charge in [-0.25, -0.2) is 0 Å². The van der Waals surface area contributed by atoms with Crippen LogP contribution in [0.5, 0.6) is 0 Å². The first kappa shape index (κ1) is 14.3. The second-order valence-electron chi connectivity index (χ2n) is 4.82. The van der Waals surface area contributed by atoms with Gasteiger partial charge >= 0.3 is 0 Å². The van der Waals surface area contributed by atoms with Crippen LogP contribution in [0, 0.1) is 11.8 Å². The maximum absolute atomic E-state index is 5.45. The van der Waals surface area contributed by atoms with Gasteiger partial charge in [-0.1, -0.05) is 60.4 Å². The van der Waals surface area contributed by atoms with Crippen molar-refractivity contribution in [3.8, 4) is 11.8 Å². The molecule has 102 valence electrons. The van der Waals surface area contributed by atoms with Gasteiger partial charge in [-0.05, 0) is 24.2 Å². The fourth-order valence-electron chi connectivity index (χ4n) is 2.17. The van der Waals surface area contributed by atoms with Crippen LogP contribution in [-0.4, -0.2) is 18.5 Å². The lowest BCUT2D eigenvalue weighted by Gasteiger charge is -2.17. The molecule has 2 aromatic carbocycles. The fourth-order valence-corrected chi connectivity index (χ4v) is 2.17. The predicted octanol–water partition coefficient (Wildman–Crippen LogP) is 2.63. The Morgan fingerprint density at radius 1 is 0.950 bits per heavy atom. The van der Waals surface area contributed by atoms with Gasteiger partial charge in [-0.15, -0.1) is 0 Å². The summed E-state index contributed by atoms with van der Waals surface area (Å²) in [7, 11) is 2.13. The first-order valence-electron chi connectivity index (χ1n) is 6.79. The highest BCUT2D eigenvalue weighted by Gasteiger charge is 2.04. The van der Waals surface area contributed by atoms with E-state index in [9.17, 15) is 0 Å². The van der Waals surface area contributed by atoms with Crippen LogP contribution in [-0.2, 0) is 13.1 Å². The molecule has 0 aliphatic rings. The number of nitrogens with two attached hydrogens (primary N) is 1. The molecule has 0 aromatic heterocycles. The average molecular weight is 264 g/mol. The molecule has 20 heavy (non-hydrogen) atoms. The van der Waals surface area contributed by atoms with E-state index in [4.69, 9.17) is 5.73 Å². The molecule has 0 saturated heterocycles. The Morgan fingerprint density at radius 3 is 2.40 bits per heavy atom. The summed E-state index contributed by atoms with van der Waals surface area (Å²) >= 11 is 0. The van der Waals surface area contributed by atoms with E-state index < -0.39 is 0 Å². The summed E-state index contributed by atoms with van der Waals surface area (Å²) in [5, 5.41) is 0. The SMILES string of the molecule is CN(Cc1ccccc1)Cc1ccccc1C#CCN. The van der Waals surface area contributed by atoms with Crippen molar-refractivity contribution >= 4 is 0 Å². The highest BCUT2D eigenvalue weighted by atomic mass is 15.1. The number of hydrogen-bond acceptors (Lipinski definition) is 2. The standard InChI is InChI=1S/C18H20N2/c1-20(14-16-8-3-2-4-9-16)15-18-11-6-5-10-17(18)12-7-13-19/h2-6,8-11H,13-15,19H2,1H3. The molecule has 2 nitrogen and oxygen atoms in total. The topological polar surface area (TPSA) is 29.3 Å². The molecule has 0 fully saturated rings. The minimum atomic E-state index is 0.397. The number of nitrogens with zero attached hydrogens (tertiary/aromatic N) is 1. The lowest BCUT2D eigenvalue weighted by molar-refractivity contribution is 0.319. The molecular weight excluding hydrogens is 244 g/mol. The van der Waals surface area contributed by atoms with Crippen molar-refractivity contribution in [1.82, 2.24) is 4.90 Å². The monoisotopic (exact) mass is 264 g/mol. The van der Waals surface area contributed by atoms with E-state index in [1.807, 2.05) is 18.2 Å². The van der Waals surface area contributed by atoms with E-state index >= 15 is 0 Å². The summed E-state index contributed by atoms with van der Waals surface area (Å²) in [6, 6.07) is 18.7. The normalized spacial score (nSPS) is 10.2. The molecule has 0 heterocycles.